The number of thioether (sulfide) groups is 1. The zero-order valence-electron chi connectivity index (χ0n) is 8.97. The molecular formula is C9H13ClN2O2S2. The highest BCUT2D eigenvalue weighted by Gasteiger charge is 2.17. The maximum Gasteiger partial charge on any atom is 0.241 e. The lowest BCUT2D eigenvalue weighted by Crippen LogP contribution is -2.34. The van der Waals surface area contributed by atoms with Crippen molar-refractivity contribution in [2.45, 2.75) is 17.9 Å². The van der Waals surface area contributed by atoms with E-state index < -0.39 is 10.0 Å². The summed E-state index contributed by atoms with van der Waals surface area (Å²) in [5.74, 6) is 0.720. The molecule has 0 aliphatic carbocycles. The average molecular weight is 281 g/mol. The smallest absolute Gasteiger partial charge is 0.241 e. The molecule has 1 aromatic heterocycles. The Labute approximate surface area is 105 Å². The van der Waals surface area contributed by atoms with Gasteiger partial charge in [-0.3, -0.25) is 0 Å². The lowest BCUT2D eigenvalue weighted by molar-refractivity contribution is 0.571. The first-order chi connectivity index (χ1) is 7.45. The third kappa shape index (κ3) is 3.93. The molecule has 7 heteroatoms. The van der Waals surface area contributed by atoms with Gasteiger partial charge in [0.05, 0.1) is 4.90 Å². The van der Waals surface area contributed by atoms with Gasteiger partial charge in [0.25, 0.3) is 0 Å². The molecule has 0 spiro atoms. The Morgan fingerprint density at radius 2 is 2.31 bits per heavy atom. The Balaban J connectivity index is 2.86. The van der Waals surface area contributed by atoms with Crippen LogP contribution in [0.4, 0.5) is 0 Å². The second-order valence-electron chi connectivity index (χ2n) is 3.29. The van der Waals surface area contributed by atoms with Gasteiger partial charge in [0.2, 0.25) is 10.0 Å². The van der Waals surface area contributed by atoms with E-state index >= 15 is 0 Å². The summed E-state index contributed by atoms with van der Waals surface area (Å²) in [7, 11) is -3.49. The predicted octanol–water partition coefficient (Wildman–Crippen LogP) is 1.76. The molecule has 1 rings (SSSR count). The lowest BCUT2D eigenvalue weighted by atomic mass is 10.4. The summed E-state index contributed by atoms with van der Waals surface area (Å²) in [6, 6.07) is 2.63. The molecule has 0 aromatic carbocycles. The monoisotopic (exact) mass is 280 g/mol. The van der Waals surface area contributed by atoms with Crippen molar-refractivity contribution >= 4 is 33.4 Å². The standard InChI is InChI=1S/C9H13ClN2O2S2/c1-7(6-15-2)12-16(13,14)8-3-4-11-9(10)5-8/h3-5,7,12H,6H2,1-2H3. The van der Waals surface area contributed by atoms with Gasteiger partial charge in [-0.25, -0.2) is 18.1 Å². The number of rotatable bonds is 5. The van der Waals surface area contributed by atoms with Crippen LogP contribution in [0, 0.1) is 0 Å². The number of pyridine rings is 1. The minimum Gasteiger partial charge on any atom is -0.244 e. The fourth-order valence-corrected chi connectivity index (χ4v) is 3.35. The van der Waals surface area contributed by atoms with Crippen LogP contribution in [0.5, 0.6) is 0 Å². The van der Waals surface area contributed by atoms with Crippen molar-refractivity contribution in [1.82, 2.24) is 9.71 Å². The van der Waals surface area contributed by atoms with E-state index in [1.165, 1.54) is 18.3 Å². The minimum absolute atomic E-state index is 0.119. The fraction of sp³-hybridized carbons (Fsp3) is 0.444. The zero-order valence-corrected chi connectivity index (χ0v) is 11.4. The van der Waals surface area contributed by atoms with E-state index in [9.17, 15) is 8.42 Å². The summed E-state index contributed by atoms with van der Waals surface area (Å²) in [4.78, 5) is 3.88. The zero-order chi connectivity index (χ0) is 12.2. The second-order valence-corrected chi connectivity index (χ2v) is 6.30. The van der Waals surface area contributed by atoms with Crippen LogP contribution in [-0.2, 0) is 10.0 Å². The van der Waals surface area contributed by atoms with Crippen LogP contribution in [0.2, 0.25) is 5.15 Å². The number of hydrogen-bond donors (Lipinski definition) is 1. The number of halogens is 1. The van der Waals surface area contributed by atoms with Gasteiger partial charge in [-0.05, 0) is 25.3 Å². The Morgan fingerprint density at radius 1 is 1.62 bits per heavy atom. The van der Waals surface area contributed by atoms with Gasteiger partial charge >= 0.3 is 0 Å². The number of hydrogen-bond acceptors (Lipinski definition) is 4. The van der Waals surface area contributed by atoms with E-state index in [-0.39, 0.29) is 16.1 Å². The van der Waals surface area contributed by atoms with Crippen molar-refractivity contribution in [2.24, 2.45) is 0 Å². The van der Waals surface area contributed by atoms with Gasteiger partial charge in [0.15, 0.2) is 0 Å². The van der Waals surface area contributed by atoms with Crippen molar-refractivity contribution in [3.05, 3.63) is 23.5 Å². The van der Waals surface area contributed by atoms with Gasteiger partial charge in [0.1, 0.15) is 5.15 Å². The first kappa shape index (κ1) is 13.8. The molecule has 1 N–H and O–H groups in total. The molecule has 0 aliphatic heterocycles. The van der Waals surface area contributed by atoms with Gasteiger partial charge in [-0.15, -0.1) is 0 Å². The van der Waals surface area contributed by atoms with E-state index in [2.05, 4.69) is 9.71 Å². The normalized spacial score (nSPS) is 13.7. The van der Waals surface area contributed by atoms with Crippen LogP contribution >= 0.6 is 23.4 Å². The molecule has 0 saturated carbocycles. The van der Waals surface area contributed by atoms with Gasteiger partial charge in [-0.1, -0.05) is 11.6 Å². The van der Waals surface area contributed by atoms with Crippen molar-refractivity contribution in [1.29, 1.82) is 0 Å². The SMILES string of the molecule is CSCC(C)NS(=O)(=O)c1ccnc(Cl)c1. The lowest BCUT2D eigenvalue weighted by Gasteiger charge is -2.12. The van der Waals surface area contributed by atoms with Gasteiger partial charge < -0.3 is 0 Å². The molecule has 0 aliphatic rings. The Hall–Kier alpha value is -0.300. The Morgan fingerprint density at radius 3 is 2.88 bits per heavy atom. The van der Waals surface area contributed by atoms with Crippen molar-refractivity contribution < 1.29 is 8.42 Å². The molecule has 16 heavy (non-hydrogen) atoms. The fourth-order valence-electron chi connectivity index (χ4n) is 1.17. The number of aromatic nitrogens is 1. The summed E-state index contributed by atoms with van der Waals surface area (Å²) in [5.41, 5.74) is 0. The van der Waals surface area contributed by atoms with Crippen LogP contribution < -0.4 is 4.72 Å². The average Bonchev–Trinajstić information content (AvgIpc) is 2.17. The number of nitrogens with one attached hydrogen (secondary N) is 1. The van der Waals surface area contributed by atoms with E-state index in [1.54, 1.807) is 11.8 Å². The molecule has 1 heterocycles. The molecule has 90 valence electrons. The molecule has 1 atom stereocenters. The summed E-state index contributed by atoms with van der Waals surface area (Å²) in [6.07, 6.45) is 3.30. The minimum atomic E-state index is -3.49. The number of sulfonamides is 1. The molecule has 0 bridgehead atoms. The van der Waals surface area contributed by atoms with Crippen molar-refractivity contribution in [3.63, 3.8) is 0 Å². The molecule has 4 nitrogen and oxygen atoms in total. The predicted molar refractivity (Wildman–Crippen MR) is 67.4 cm³/mol. The first-order valence-corrected chi connectivity index (χ1v) is 7.84. The highest BCUT2D eigenvalue weighted by atomic mass is 35.5. The van der Waals surface area contributed by atoms with Gasteiger partial charge in [-0.2, -0.15) is 11.8 Å². The highest BCUT2D eigenvalue weighted by Crippen LogP contribution is 2.13. The van der Waals surface area contributed by atoms with Crippen LogP contribution in [0.3, 0.4) is 0 Å². The van der Waals surface area contributed by atoms with Crippen LogP contribution in [0.25, 0.3) is 0 Å². The van der Waals surface area contributed by atoms with Crippen LogP contribution in [0.1, 0.15) is 6.92 Å². The van der Waals surface area contributed by atoms with E-state index in [0.717, 1.165) is 5.75 Å². The molecule has 1 aromatic rings. The summed E-state index contributed by atoms with van der Waals surface area (Å²) in [5, 5.41) is 0.167. The topological polar surface area (TPSA) is 59.1 Å². The Kier molecular flexibility index (Phi) is 5.04. The molecule has 1 unspecified atom stereocenters. The molecule has 0 saturated heterocycles. The summed E-state index contributed by atoms with van der Waals surface area (Å²) in [6.45, 7) is 1.82. The summed E-state index contributed by atoms with van der Waals surface area (Å²) < 4.78 is 26.3. The van der Waals surface area contributed by atoms with E-state index in [4.69, 9.17) is 11.6 Å². The summed E-state index contributed by atoms with van der Waals surface area (Å²) >= 11 is 7.22. The first-order valence-electron chi connectivity index (χ1n) is 4.58. The van der Waals surface area contributed by atoms with Crippen molar-refractivity contribution in [2.75, 3.05) is 12.0 Å². The molecule has 0 amide bonds. The Bertz CT molecular complexity index is 451. The van der Waals surface area contributed by atoms with Gasteiger partial charge in [0, 0.05) is 18.0 Å². The van der Waals surface area contributed by atoms with Crippen molar-refractivity contribution in [3.8, 4) is 0 Å². The quantitative estimate of drug-likeness (QED) is 0.835. The van der Waals surface area contributed by atoms with Crippen LogP contribution in [-0.4, -0.2) is 31.5 Å². The maximum atomic E-state index is 11.9. The molecule has 0 radical (unpaired) electrons. The number of nitrogens with zero attached hydrogens (tertiary/aromatic N) is 1. The maximum absolute atomic E-state index is 11.9. The highest BCUT2D eigenvalue weighted by molar-refractivity contribution is 7.98. The largest absolute Gasteiger partial charge is 0.244 e. The third-order valence-electron chi connectivity index (χ3n) is 1.78. The molecular weight excluding hydrogens is 268 g/mol. The third-order valence-corrected chi connectivity index (χ3v) is 4.41. The van der Waals surface area contributed by atoms with Crippen LogP contribution in [0.15, 0.2) is 23.2 Å². The van der Waals surface area contributed by atoms with E-state index in [0.29, 0.717) is 0 Å². The second kappa shape index (κ2) is 5.86. The van der Waals surface area contributed by atoms with E-state index in [1.807, 2.05) is 13.2 Å². The molecule has 0 fully saturated rings.